The van der Waals surface area contributed by atoms with Gasteiger partial charge in [-0.05, 0) is 55.3 Å². The van der Waals surface area contributed by atoms with Gasteiger partial charge in [0.15, 0.2) is 0 Å². The van der Waals surface area contributed by atoms with Gasteiger partial charge in [0.25, 0.3) is 10.0 Å². The molecular weight excluding hydrogens is 400 g/mol. The molecule has 0 aromatic heterocycles. The Hall–Kier alpha value is -2.25. The molecule has 0 fully saturated rings. The average molecular weight is 425 g/mol. The number of hydrogen-bond acceptors (Lipinski definition) is 4. The number of carbonyl (C=O) groups excluding carboxylic acids is 1. The summed E-state index contributed by atoms with van der Waals surface area (Å²) in [5.41, 5.74) is 0.315. The van der Waals surface area contributed by atoms with Crippen LogP contribution in [0.3, 0.4) is 0 Å². The van der Waals surface area contributed by atoms with Crippen LogP contribution in [0.25, 0.3) is 0 Å². The van der Waals surface area contributed by atoms with Gasteiger partial charge < -0.3 is 10.1 Å². The van der Waals surface area contributed by atoms with Gasteiger partial charge in [-0.3, -0.25) is 9.10 Å². The summed E-state index contributed by atoms with van der Waals surface area (Å²) >= 11 is 6.05. The molecule has 1 atom stereocenters. The first-order valence-corrected chi connectivity index (χ1v) is 10.7. The van der Waals surface area contributed by atoms with E-state index in [1.165, 1.54) is 25.3 Å². The van der Waals surface area contributed by atoms with Crippen molar-refractivity contribution in [3.63, 3.8) is 0 Å². The molecule has 8 heteroatoms. The summed E-state index contributed by atoms with van der Waals surface area (Å²) in [6, 6.07) is 12.3. The molecular formula is C20H25ClN2O4S. The highest BCUT2D eigenvalue weighted by Gasteiger charge is 2.28. The molecule has 0 aliphatic carbocycles. The van der Waals surface area contributed by atoms with Crippen LogP contribution in [0.5, 0.6) is 5.75 Å². The van der Waals surface area contributed by atoms with Crippen LogP contribution in [0.2, 0.25) is 5.02 Å². The molecule has 152 valence electrons. The summed E-state index contributed by atoms with van der Waals surface area (Å²) in [4.78, 5) is 12.6. The molecule has 2 rings (SSSR count). The van der Waals surface area contributed by atoms with Crippen LogP contribution < -0.4 is 14.4 Å². The predicted molar refractivity (Wildman–Crippen MR) is 111 cm³/mol. The highest BCUT2D eigenvalue weighted by Crippen LogP contribution is 2.27. The molecule has 0 saturated carbocycles. The quantitative estimate of drug-likeness (QED) is 0.700. The largest absolute Gasteiger partial charge is 0.497 e. The maximum atomic E-state index is 13.3. The monoisotopic (exact) mass is 424 g/mol. The third kappa shape index (κ3) is 5.39. The first-order chi connectivity index (χ1) is 13.1. The maximum absolute atomic E-state index is 13.3. The number of nitrogens with one attached hydrogen (secondary N) is 1. The lowest BCUT2D eigenvalue weighted by atomic mass is 10.1. The van der Waals surface area contributed by atoms with Gasteiger partial charge in [-0.1, -0.05) is 31.5 Å². The number of methoxy groups -OCH3 is 1. The normalized spacial score (nSPS) is 12.5. The highest BCUT2D eigenvalue weighted by molar-refractivity contribution is 7.92. The molecule has 2 aromatic carbocycles. The minimum atomic E-state index is -3.99. The minimum absolute atomic E-state index is 0.0537. The van der Waals surface area contributed by atoms with E-state index in [9.17, 15) is 13.2 Å². The summed E-state index contributed by atoms with van der Waals surface area (Å²) in [5, 5.41) is 3.22. The van der Waals surface area contributed by atoms with Crippen LogP contribution in [-0.4, -0.2) is 34.0 Å². The van der Waals surface area contributed by atoms with E-state index < -0.39 is 15.9 Å². The first-order valence-electron chi connectivity index (χ1n) is 8.87. The Balaban J connectivity index is 2.41. The highest BCUT2D eigenvalue weighted by atomic mass is 35.5. The minimum Gasteiger partial charge on any atom is -0.497 e. The number of nitrogens with zero attached hydrogens (tertiary/aromatic N) is 1. The zero-order chi connectivity index (χ0) is 20.9. The third-order valence-corrected chi connectivity index (χ3v) is 6.44. The summed E-state index contributed by atoms with van der Waals surface area (Å²) in [7, 11) is -2.49. The van der Waals surface area contributed by atoms with Gasteiger partial charge in [0.2, 0.25) is 5.91 Å². The van der Waals surface area contributed by atoms with Crippen molar-refractivity contribution in [3.8, 4) is 5.75 Å². The van der Waals surface area contributed by atoms with E-state index in [2.05, 4.69) is 5.32 Å². The molecule has 1 N–H and O–H groups in total. The number of carbonyl (C=O) groups is 1. The molecule has 1 amide bonds. The molecule has 6 nitrogen and oxygen atoms in total. The second kappa shape index (κ2) is 9.30. The predicted octanol–water partition coefficient (Wildman–Crippen LogP) is 3.70. The Morgan fingerprint density at radius 1 is 1.14 bits per heavy atom. The van der Waals surface area contributed by atoms with Crippen LogP contribution in [0, 0.1) is 5.92 Å². The Bertz CT molecular complexity index is 914. The second-order valence-electron chi connectivity index (χ2n) is 6.77. The van der Waals surface area contributed by atoms with Gasteiger partial charge in [-0.2, -0.15) is 0 Å². The van der Waals surface area contributed by atoms with Crippen molar-refractivity contribution < 1.29 is 17.9 Å². The SMILES string of the molecule is COc1ccc(S(=O)(=O)N(CC(=O)N[C@H](C)C(C)C)c2cccc(Cl)c2)cc1. The van der Waals surface area contributed by atoms with Crippen molar-refractivity contribution in [2.45, 2.75) is 31.7 Å². The van der Waals surface area contributed by atoms with E-state index in [1.807, 2.05) is 20.8 Å². The molecule has 0 heterocycles. The molecule has 28 heavy (non-hydrogen) atoms. The zero-order valence-electron chi connectivity index (χ0n) is 16.3. The molecule has 0 radical (unpaired) electrons. The van der Waals surface area contributed by atoms with E-state index in [1.54, 1.807) is 30.3 Å². The van der Waals surface area contributed by atoms with Gasteiger partial charge in [0.1, 0.15) is 12.3 Å². The number of amides is 1. The van der Waals surface area contributed by atoms with Gasteiger partial charge in [-0.25, -0.2) is 8.42 Å². The Kier molecular flexibility index (Phi) is 7.32. The Morgan fingerprint density at radius 3 is 2.32 bits per heavy atom. The first kappa shape index (κ1) is 22.0. The standard InChI is InChI=1S/C20H25ClN2O4S/c1-14(2)15(3)22-20(24)13-23(17-7-5-6-16(21)12-17)28(25,26)19-10-8-18(27-4)9-11-19/h5-12,14-15H,13H2,1-4H3,(H,22,24)/t15-/m1/s1. The maximum Gasteiger partial charge on any atom is 0.264 e. The van der Waals surface area contributed by atoms with Gasteiger partial charge >= 0.3 is 0 Å². The number of anilines is 1. The number of benzene rings is 2. The van der Waals surface area contributed by atoms with Crippen LogP contribution in [0.1, 0.15) is 20.8 Å². The van der Waals surface area contributed by atoms with Gasteiger partial charge in [-0.15, -0.1) is 0 Å². The lowest BCUT2D eigenvalue weighted by Gasteiger charge is -2.26. The molecule has 0 spiro atoms. The Labute approximate surface area is 171 Å². The van der Waals surface area contributed by atoms with Crippen molar-refractivity contribution in [2.75, 3.05) is 18.0 Å². The van der Waals surface area contributed by atoms with Crippen LogP contribution in [-0.2, 0) is 14.8 Å². The Morgan fingerprint density at radius 2 is 1.79 bits per heavy atom. The third-order valence-electron chi connectivity index (χ3n) is 4.42. The molecule has 0 saturated heterocycles. The number of rotatable bonds is 8. The molecule has 0 aliphatic heterocycles. The van der Waals surface area contributed by atoms with Crippen LogP contribution >= 0.6 is 11.6 Å². The smallest absolute Gasteiger partial charge is 0.264 e. The van der Waals surface area contributed by atoms with Crippen molar-refractivity contribution in [1.29, 1.82) is 0 Å². The van der Waals surface area contributed by atoms with Crippen LogP contribution in [0.15, 0.2) is 53.4 Å². The van der Waals surface area contributed by atoms with Crippen molar-refractivity contribution in [3.05, 3.63) is 53.6 Å². The van der Waals surface area contributed by atoms with Gasteiger partial charge in [0, 0.05) is 11.1 Å². The van der Waals surface area contributed by atoms with E-state index >= 15 is 0 Å². The fourth-order valence-corrected chi connectivity index (χ4v) is 4.02. The van der Waals surface area contributed by atoms with E-state index in [-0.39, 0.29) is 23.4 Å². The number of halogens is 1. The molecule has 0 bridgehead atoms. The zero-order valence-corrected chi connectivity index (χ0v) is 17.9. The fourth-order valence-electron chi connectivity index (χ4n) is 2.42. The van der Waals surface area contributed by atoms with Crippen LogP contribution in [0.4, 0.5) is 5.69 Å². The van der Waals surface area contributed by atoms with Crippen molar-refractivity contribution >= 4 is 33.2 Å². The fraction of sp³-hybridized carbons (Fsp3) is 0.350. The molecule has 0 aliphatic rings. The number of ether oxygens (including phenoxy) is 1. The lowest BCUT2D eigenvalue weighted by molar-refractivity contribution is -0.120. The second-order valence-corrected chi connectivity index (χ2v) is 9.07. The summed E-state index contributed by atoms with van der Waals surface area (Å²) in [6.45, 7) is 5.48. The van der Waals surface area contributed by atoms with E-state index in [0.717, 1.165) is 4.31 Å². The summed E-state index contributed by atoms with van der Waals surface area (Å²) in [6.07, 6.45) is 0. The lowest BCUT2D eigenvalue weighted by Crippen LogP contribution is -2.45. The van der Waals surface area contributed by atoms with E-state index in [0.29, 0.717) is 16.5 Å². The summed E-state index contributed by atoms with van der Waals surface area (Å²) in [5.74, 6) is 0.372. The van der Waals surface area contributed by atoms with Crippen molar-refractivity contribution in [2.24, 2.45) is 5.92 Å². The van der Waals surface area contributed by atoms with Gasteiger partial charge in [0.05, 0.1) is 17.7 Å². The molecule has 2 aromatic rings. The topological polar surface area (TPSA) is 75.7 Å². The van der Waals surface area contributed by atoms with Crippen molar-refractivity contribution in [1.82, 2.24) is 5.32 Å². The van der Waals surface area contributed by atoms with E-state index in [4.69, 9.17) is 16.3 Å². The number of hydrogen-bond donors (Lipinski definition) is 1. The average Bonchev–Trinajstić information content (AvgIpc) is 2.65. The number of sulfonamides is 1. The summed E-state index contributed by atoms with van der Waals surface area (Å²) < 4.78 is 32.7. The molecule has 0 unspecified atom stereocenters.